The molecule has 0 spiro atoms. The van der Waals surface area contributed by atoms with Crippen molar-refractivity contribution in [2.75, 3.05) is 6.61 Å². The molecular weight excluding hydrogens is 158 g/mol. The molecule has 1 aromatic heterocycles. The Hall–Kier alpha value is -1.01. The summed E-state index contributed by atoms with van der Waals surface area (Å²) in [6, 6.07) is 0.0637. The SMILES string of the molecule is CC(CO)NCc1nnn(C)n1. The molecule has 1 heterocycles. The highest BCUT2D eigenvalue weighted by Crippen LogP contribution is 1.86. The first-order valence-electron chi connectivity index (χ1n) is 3.79. The maximum atomic E-state index is 8.69. The van der Waals surface area contributed by atoms with Crippen molar-refractivity contribution in [2.24, 2.45) is 7.05 Å². The van der Waals surface area contributed by atoms with E-state index in [0.717, 1.165) is 0 Å². The zero-order chi connectivity index (χ0) is 8.97. The summed E-state index contributed by atoms with van der Waals surface area (Å²) in [7, 11) is 1.71. The molecule has 0 aromatic carbocycles. The number of hydrogen-bond donors (Lipinski definition) is 2. The topological polar surface area (TPSA) is 75.9 Å². The van der Waals surface area contributed by atoms with Gasteiger partial charge in [-0.15, -0.1) is 10.2 Å². The quantitative estimate of drug-likeness (QED) is 0.587. The summed E-state index contributed by atoms with van der Waals surface area (Å²) < 4.78 is 0. The van der Waals surface area contributed by atoms with Crippen molar-refractivity contribution in [1.82, 2.24) is 25.5 Å². The van der Waals surface area contributed by atoms with Crippen LogP contribution >= 0.6 is 0 Å². The van der Waals surface area contributed by atoms with Crippen LogP contribution in [0.25, 0.3) is 0 Å². The Balaban J connectivity index is 2.33. The van der Waals surface area contributed by atoms with Crippen molar-refractivity contribution in [3.63, 3.8) is 0 Å². The van der Waals surface area contributed by atoms with Crippen molar-refractivity contribution < 1.29 is 5.11 Å². The lowest BCUT2D eigenvalue weighted by atomic mass is 10.3. The van der Waals surface area contributed by atoms with Crippen LogP contribution in [-0.4, -0.2) is 38.0 Å². The van der Waals surface area contributed by atoms with Gasteiger partial charge < -0.3 is 10.4 Å². The Morgan fingerprint density at radius 1 is 1.67 bits per heavy atom. The van der Waals surface area contributed by atoms with Crippen LogP contribution in [0.2, 0.25) is 0 Å². The van der Waals surface area contributed by atoms with Gasteiger partial charge in [0.2, 0.25) is 0 Å². The summed E-state index contributed by atoms with van der Waals surface area (Å²) in [5, 5.41) is 23.1. The minimum Gasteiger partial charge on any atom is -0.395 e. The largest absolute Gasteiger partial charge is 0.395 e. The molecule has 0 bridgehead atoms. The molecule has 12 heavy (non-hydrogen) atoms. The van der Waals surface area contributed by atoms with Crippen LogP contribution in [0.5, 0.6) is 0 Å². The number of aromatic nitrogens is 4. The molecule has 1 unspecified atom stereocenters. The van der Waals surface area contributed by atoms with Crippen LogP contribution in [0.3, 0.4) is 0 Å². The molecule has 1 aromatic rings. The van der Waals surface area contributed by atoms with E-state index in [1.807, 2.05) is 6.92 Å². The second-order valence-electron chi connectivity index (χ2n) is 2.66. The van der Waals surface area contributed by atoms with E-state index >= 15 is 0 Å². The van der Waals surface area contributed by atoms with Crippen LogP contribution in [0.1, 0.15) is 12.7 Å². The molecule has 1 rings (SSSR count). The molecule has 0 amide bonds. The third-order valence-corrected chi connectivity index (χ3v) is 1.43. The van der Waals surface area contributed by atoms with Gasteiger partial charge in [-0.05, 0) is 12.1 Å². The molecule has 0 saturated carbocycles. The van der Waals surface area contributed by atoms with Crippen molar-refractivity contribution >= 4 is 0 Å². The Morgan fingerprint density at radius 3 is 2.92 bits per heavy atom. The maximum Gasteiger partial charge on any atom is 0.188 e. The number of rotatable bonds is 4. The second-order valence-corrected chi connectivity index (χ2v) is 2.66. The average molecular weight is 171 g/mol. The third-order valence-electron chi connectivity index (χ3n) is 1.43. The van der Waals surface area contributed by atoms with Gasteiger partial charge in [-0.3, -0.25) is 0 Å². The first-order valence-corrected chi connectivity index (χ1v) is 3.79. The Labute approximate surface area is 70.6 Å². The molecule has 68 valence electrons. The summed E-state index contributed by atoms with van der Waals surface area (Å²) in [5.41, 5.74) is 0. The van der Waals surface area contributed by atoms with E-state index in [-0.39, 0.29) is 12.6 Å². The summed E-state index contributed by atoms with van der Waals surface area (Å²) in [5.74, 6) is 0.637. The number of tetrazole rings is 1. The van der Waals surface area contributed by atoms with E-state index in [9.17, 15) is 0 Å². The first-order chi connectivity index (χ1) is 5.72. The van der Waals surface area contributed by atoms with Gasteiger partial charge in [0.1, 0.15) is 0 Å². The number of nitrogens with one attached hydrogen (secondary N) is 1. The Kier molecular flexibility index (Phi) is 3.12. The highest BCUT2D eigenvalue weighted by atomic mass is 16.3. The highest BCUT2D eigenvalue weighted by Gasteiger charge is 2.02. The number of hydrogen-bond acceptors (Lipinski definition) is 5. The average Bonchev–Trinajstić information content (AvgIpc) is 2.47. The minimum atomic E-state index is 0.0637. The predicted octanol–water partition coefficient (Wildman–Crippen LogP) is -1.32. The first kappa shape index (κ1) is 9.08. The lowest BCUT2D eigenvalue weighted by molar-refractivity contribution is 0.250. The van der Waals surface area contributed by atoms with E-state index in [4.69, 9.17) is 5.11 Å². The number of aliphatic hydroxyl groups is 1. The van der Waals surface area contributed by atoms with E-state index in [0.29, 0.717) is 12.4 Å². The minimum absolute atomic E-state index is 0.0637. The van der Waals surface area contributed by atoms with E-state index in [2.05, 4.69) is 20.7 Å². The van der Waals surface area contributed by atoms with Crippen molar-refractivity contribution in [3.05, 3.63) is 5.82 Å². The fourth-order valence-corrected chi connectivity index (χ4v) is 0.724. The Bertz CT molecular complexity index is 236. The normalized spacial score (nSPS) is 13.2. The van der Waals surface area contributed by atoms with Crippen molar-refractivity contribution in [3.8, 4) is 0 Å². The monoisotopic (exact) mass is 171 g/mol. The standard InChI is InChI=1S/C6H13N5O/c1-5(4-12)7-3-6-8-10-11(2)9-6/h5,7,12H,3-4H2,1-2H3. The second kappa shape index (κ2) is 4.13. The molecule has 1 atom stereocenters. The molecule has 6 nitrogen and oxygen atoms in total. The fourth-order valence-electron chi connectivity index (χ4n) is 0.724. The number of nitrogens with zero attached hydrogens (tertiary/aromatic N) is 4. The van der Waals surface area contributed by atoms with Gasteiger partial charge in [-0.25, -0.2) is 0 Å². The predicted molar refractivity (Wildman–Crippen MR) is 42.2 cm³/mol. The zero-order valence-corrected chi connectivity index (χ0v) is 7.23. The van der Waals surface area contributed by atoms with Crippen molar-refractivity contribution in [1.29, 1.82) is 0 Å². The van der Waals surface area contributed by atoms with E-state index in [1.54, 1.807) is 7.05 Å². The summed E-state index contributed by atoms with van der Waals surface area (Å²) in [6.07, 6.45) is 0. The van der Waals surface area contributed by atoms with Crippen LogP contribution in [-0.2, 0) is 13.6 Å². The van der Waals surface area contributed by atoms with E-state index < -0.39 is 0 Å². The fraction of sp³-hybridized carbons (Fsp3) is 0.833. The van der Waals surface area contributed by atoms with Gasteiger partial charge in [0.15, 0.2) is 5.82 Å². The van der Waals surface area contributed by atoms with Gasteiger partial charge >= 0.3 is 0 Å². The van der Waals surface area contributed by atoms with Crippen LogP contribution in [0.15, 0.2) is 0 Å². The third kappa shape index (κ3) is 2.55. The summed E-state index contributed by atoms with van der Waals surface area (Å²) in [4.78, 5) is 1.40. The highest BCUT2D eigenvalue weighted by molar-refractivity contribution is 4.76. The number of aliphatic hydroxyl groups excluding tert-OH is 1. The van der Waals surface area contributed by atoms with Gasteiger partial charge in [0.25, 0.3) is 0 Å². The lowest BCUT2D eigenvalue weighted by Crippen LogP contribution is -2.29. The molecule has 0 fully saturated rings. The van der Waals surface area contributed by atoms with Crippen LogP contribution < -0.4 is 5.32 Å². The molecule has 0 aliphatic heterocycles. The van der Waals surface area contributed by atoms with Crippen LogP contribution in [0.4, 0.5) is 0 Å². The maximum absolute atomic E-state index is 8.69. The molecule has 2 N–H and O–H groups in total. The summed E-state index contributed by atoms with van der Waals surface area (Å²) >= 11 is 0. The lowest BCUT2D eigenvalue weighted by Gasteiger charge is -2.06. The van der Waals surface area contributed by atoms with Crippen LogP contribution in [0, 0.1) is 0 Å². The molecule has 0 aliphatic carbocycles. The zero-order valence-electron chi connectivity index (χ0n) is 7.23. The molecular formula is C6H13N5O. The molecule has 0 radical (unpaired) electrons. The van der Waals surface area contributed by atoms with Gasteiger partial charge in [-0.1, -0.05) is 0 Å². The molecule has 0 saturated heterocycles. The summed E-state index contributed by atoms with van der Waals surface area (Å²) in [6.45, 7) is 2.53. The van der Waals surface area contributed by atoms with E-state index in [1.165, 1.54) is 4.80 Å². The van der Waals surface area contributed by atoms with Gasteiger partial charge in [0, 0.05) is 6.04 Å². The Morgan fingerprint density at radius 2 is 2.42 bits per heavy atom. The smallest absolute Gasteiger partial charge is 0.188 e. The molecule has 0 aliphatic rings. The van der Waals surface area contributed by atoms with Gasteiger partial charge in [0.05, 0.1) is 20.2 Å². The molecule has 6 heteroatoms. The van der Waals surface area contributed by atoms with Crippen molar-refractivity contribution in [2.45, 2.75) is 19.5 Å². The number of aryl methyl sites for hydroxylation is 1. The van der Waals surface area contributed by atoms with Gasteiger partial charge in [-0.2, -0.15) is 4.80 Å².